The molecule has 0 aliphatic carbocycles. The number of fused-ring (bicyclic) bond motifs is 1. The summed E-state index contributed by atoms with van der Waals surface area (Å²) in [4.78, 5) is 4.53. The first-order valence-electron chi connectivity index (χ1n) is 6.31. The summed E-state index contributed by atoms with van der Waals surface area (Å²) in [5.41, 5.74) is 9.66. The van der Waals surface area contributed by atoms with Gasteiger partial charge in [-0.05, 0) is 57.0 Å². The van der Waals surface area contributed by atoms with E-state index in [1.807, 2.05) is 13.0 Å². The number of ether oxygens (including phenoxy) is 1. The average Bonchev–Trinajstić information content (AvgIpc) is 2.96. The van der Waals surface area contributed by atoms with Crippen LogP contribution in [0, 0.1) is 6.92 Å². The Morgan fingerprint density at radius 3 is 2.64 bits per heavy atom. The minimum atomic E-state index is 0.473. The van der Waals surface area contributed by atoms with Crippen molar-refractivity contribution in [3.05, 3.63) is 37.7 Å². The van der Waals surface area contributed by atoms with Crippen LogP contribution in [-0.4, -0.2) is 12.1 Å². The Bertz CT molecular complexity index is 848. The van der Waals surface area contributed by atoms with Crippen molar-refractivity contribution in [1.29, 1.82) is 0 Å². The maximum Gasteiger partial charge on any atom is 0.227 e. The number of nitrogens with zero attached hydrogens (tertiary/aromatic N) is 1. The van der Waals surface area contributed by atoms with Crippen molar-refractivity contribution in [2.24, 2.45) is 0 Å². The van der Waals surface area contributed by atoms with Gasteiger partial charge < -0.3 is 14.9 Å². The molecule has 0 aliphatic rings. The number of nitrogens with two attached hydrogens (primary N) is 1. The number of anilines is 1. The molecule has 0 fully saturated rings. The normalized spacial score (nSPS) is 11.1. The lowest BCUT2D eigenvalue weighted by Crippen LogP contribution is -1.92. The molecule has 0 aliphatic heterocycles. The molecular formula is C15H11Br2ClN2O2. The van der Waals surface area contributed by atoms with E-state index in [1.54, 1.807) is 19.2 Å². The topological polar surface area (TPSA) is 61.3 Å². The molecule has 114 valence electrons. The summed E-state index contributed by atoms with van der Waals surface area (Å²) in [6.07, 6.45) is 0. The maximum atomic E-state index is 6.16. The van der Waals surface area contributed by atoms with Crippen LogP contribution < -0.4 is 10.5 Å². The number of methoxy groups -OCH3 is 1. The number of hydrogen-bond donors (Lipinski definition) is 1. The zero-order chi connectivity index (χ0) is 16.0. The van der Waals surface area contributed by atoms with Crippen LogP contribution in [0.2, 0.25) is 5.02 Å². The van der Waals surface area contributed by atoms with E-state index >= 15 is 0 Å². The largest absolute Gasteiger partial charge is 0.495 e. The van der Waals surface area contributed by atoms with Crippen molar-refractivity contribution in [3.63, 3.8) is 0 Å². The second kappa shape index (κ2) is 5.76. The van der Waals surface area contributed by atoms with Gasteiger partial charge in [-0.1, -0.05) is 11.6 Å². The summed E-state index contributed by atoms with van der Waals surface area (Å²) in [6, 6.07) is 5.38. The molecule has 0 spiro atoms. The molecular weight excluding hydrogens is 435 g/mol. The summed E-state index contributed by atoms with van der Waals surface area (Å²) in [6.45, 7) is 1.92. The molecule has 1 aromatic heterocycles. The van der Waals surface area contributed by atoms with Crippen molar-refractivity contribution >= 4 is 60.2 Å². The van der Waals surface area contributed by atoms with E-state index < -0.39 is 0 Å². The molecule has 3 aromatic rings. The van der Waals surface area contributed by atoms with Gasteiger partial charge in [-0.15, -0.1) is 0 Å². The summed E-state index contributed by atoms with van der Waals surface area (Å²) < 4.78 is 12.6. The van der Waals surface area contributed by atoms with Crippen LogP contribution in [0.1, 0.15) is 5.56 Å². The van der Waals surface area contributed by atoms with Crippen molar-refractivity contribution in [2.75, 3.05) is 12.8 Å². The van der Waals surface area contributed by atoms with Gasteiger partial charge in [0.05, 0.1) is 22.3 Å². The van der Waals surface area contributed by atoms with Gasteiger partial charge in [0.2, 0.25) is 5.89 Å². The molecule has 22 heavy (non-hydrogen) atoms. The Morgan fingerprint density at radius 1 is 1.27 bits per heavy atom. The monoisotopic (exact) mass is 444 g/mol. The summed E-state index contributed by atoms with van der Waals surface area (Å²) in [5, 5.41) is 0.499. The zero-order valence-electron chi connectivity index (χ0n) is 11.7. The molecule has 1 heterocycles. The van der Waals surface area contributed by atoms with Crippen molar-refractivity contribution < 1.29 is 9.15 Å². The van der Waals surface area contributed by atoms with E-state index in [2.05, 4.69) is 36.8 Å². The third-order valence-electron chi connectivity index (χ3n) is 3.38. The fourth-order valence-electron chi connectivity index (χ4n) is 2.17. The van der Waals surface area contributed by atoms with Gasteiger partial charge in [0.1, 0.15) is 11.3 Å². The van der Waals surface area contributed by atoms with E-state index in [-0.39, 0.29) is 0 Å². The summed E-state index contributed by atoms with van der Waals surface area (Å²) in [7, 11) is 1.57. The highest BCUT2D eigenvalue weighted by molar-refractivity contribution is 9.11. The first-order valence-corrected chi connectivity index (χ1v) is 8.28. The molecule has 0 saturated carbocycles. The van der Waals surface area contributed by atoms with Crippen LogP contribution in [0.5, 0.6) is 5.75 Å². The van der Waals surface area contributed by atoms with Gasteiger partial charge in [0.25, 0.3) is 0 Å². The lowest BCUT2D eigenvalue weighted by molar-refractivity contribution is 0.415. The lowest BCUT2D eigenvalue weighted by atomic mass is 10.2. The van der Waals surface area contributed by atoms with Gasteiger partial charge in [-0.2, -0.15) is 0 Å². The average molecular weight is 447 g/mol. The Kier molecular flexibility index (Phi) is 4.09. The van der Waals surface area contributed by atoms with Crippen molar-refractivity contribution in [3.8, 4) is 17.2 Å². The molecule has 4 nitrogen and oxygen atoms in total. The van der Waals surface area contributed by atoms with Crippen LogP contribution >= 0.6 is 43.5 Å². The Hall–Kier alpha value is -1.24. The van der Waals surface area contributed by atoms with Crippen molar-refractivity contribution in [2.45, 2.75) is 6.92 Å². The van der Waals surface area contributed by atoms with Gasteiger partial charge in [0.15, 0.2) is 5.58 Å². The molecule has 0 radical (unpaired) electrons. The minimum Gasteiger partial charge on any atom is -0.495 e. The number of halogens is 3. The van der Waals surface area contributed by atoms with E-state index in [1.165, 1.54) is 0 Å². The first kappa shape index (κ1) is 15.6. The van der Waals surface area contributed by atoms with E-state index in [0.717, 1.165) is 15.6 Å². The Morgan fingerprint density at radius 2 is 2.00 bits per heavy atom. The molecule has 7 heteroatoms. The molecule has 3 rings (SSSR count). The number of nitrogen functional groups attached to an aromatic ring is 1. The number of aromatic nitrogens is 1. The number of rotatable bonds is 2. The number of benzene rings is 2. The molecule has 2 aromatic carbocycles. The minimum absolute atomic E-state index is 0.473. The molecule has 0 atom stereocenters. The van der Waals surface area contributed by atoms with Gasteiger partial charge >= 0.3 is 0 Å². The molecule has 0 unspecified atom stereocenters. The van der Waals surface area contributed by atoms with Crippen LogP contribution in [0.15, 0.2) is 31.6 Å². The van der Waals surface area contributed by atoms with Crippen LogP contribution in [0.4, 0.5) is 5.69 Å². The number of aryl methyl sites for hydroxylation is 1. The SMILES string of the molecule is COc1ccc(-c2nc3c(Br)c(N)c(Br)c(C)c3o2)cc1Cl. The van der Waals surface area contributed by atoms with E-state index in [0.29, 0.717) is 37.9 Å². The molecule has 2 N–H and O–H groups in total. The van der Waals surface area contributed by atoms with Crippen LogP contribution in [0.25, 0.3) is 22.6 Å². The highest BCUT2D eigenvalue weighted by Crippen LogP contribution is 2.41. The summed E-state index contributed by atoms with van der Waals surface area (Å²) in [5.74, 6) is 1.08. The second-order valence-electron chi connectivity index (χ2n) is 4.71. The fourth-order valence-corrected chi connectivity index (χ4v) is 3.54. The first-order chi connectivity index (χ1) is 10.4. The standard InChI is InChI=1S/C15H11Br2ClN2O2/c1-6-10(16)12(19)11(17)13-14(6)22-15(20-13)7-3-4-9(21-2)8(18)5-7/h3-5H,19H2,1-2H3. The highest BCUT2D eigenvalue weighted by Gasteiger charge is 2.19. The van der Waals surface area contributed by atoms with E-state index in [4.69, 9.17) is 26.5 Å². The van der Waals surface area contributed by atoms with Crippen LogP contribution in [-0.2, 0) is 0 Å². The quantitative estimate of drug-likeness (QED) is 0.523. The highest BCUT2D eigenvalue weighted by atomic mass is 79.9. The van der Waals surface area contributed by atoms with Gasteiger partial charge in [-0.3, -0.25) is 0 Å². The zero-order valence-corrected chi connectivity index (χ0v) is 15.6. The Labute approximate surface area is 148 Å². The lowest BCUT2D eigenvalue weighted by Gasteiger charge is -2.05. The smallest absolute Gasteiger partial charge is 0.227 e. The predicted octanol–water partition coefficient (Wildman–Crippen LogP) is 5.57. The van der Waals surface area contributed by atoms with Gasteiger partial charge in [-0.25, -0.2) is 4.98 Å². The van der Waals surface area contributed by atoms with E-state index in [9.17, 15) is 0 Å². The fraction of sp³-hybridized carbons (Fsp3) is 0.133. The molecule has 0 bridgehead atoms. The maximum absolute atomic E-state index is 6.16. The predicted molar refractivity (Wildman–Crippen MR) is 95.6 cm³/mol. The number of hydrogen-bond acceptors (Lipinski definition) is 4. The van der Waals surface area contributed by atoms with Crippen molar-refractivity contribution in [1.82, 2.24) is 4.98 Å². The summed E-state index contributed by atoms with van der Waals surface area (Å²) >= 11 is 13.1. The second-order valence-corrected chi connectivity index (χ2v) is 6.71. The van der Waals surface area contributed by atoms with Gasteiger partial charge in [0, 0.05) is 15.6 Å². The molecule has 0 amide bonds. The Balaban J connectivity index is 2.23. The third-order valence-corrected chi connectivity index (χ3v) is 5.50. The van der Waals surface area contributed by atoms with Crippen LogP contribution in [0.3, 0.4) is 0 Å². The molecule has 0 saturated heterocycles. The third kappa shape index (κ3) is 2.39. The number of oxazole rings is 1.